The molecule has 2 rings (SSSR count). The van der Waals surface area contributed by atoms with E-state index in [1.165, 1.54) is 0 Å². The molecule has 1 heterocycles. The van der Waals surface area contributed by atoms with Crippen LogP contribution < -0.4 is 15.5 Å². The van der Waals surface area contributed by atoms with Crippen molar-refractivity contribution < 1.29 is 4.74 Å². The highest BCUT2D eigenvalue weighted by Crippen LogP contribution is 2.18. The van der Waals surface area contributed by atoms with E-state index >= 15 is 0 Å². The third-order valence-electron chi connectivity index (χ3n) is 2.27. The van der Waals surface area contributed by atoms with Crippen LogP contribution in [0.2, 0.25) is 0 Å². The molecule has 0 aliphatic carbocycles. The number of nitrogens with zero attached hydrogens (tertiary/aromatic N) is 1. The van der Waals surface area contributed by atoms with Gasteiger partial charge in [0.2, 0.25) is 0 Å². The summed E-state index contributed by atoms with van der Waals surface area (Å²) >= 11 is 10.1. The standard InChI is InChI=1S/C13H12BrN3OS2/c1-18-11-4-2-3-10(6-11)16-13(19)17-15-7-12-5-9(14)8-20-12/h2-8H,1H3,(H2,16,17,19)/b15-7-. The SMILES string of the molecule is COc1cccc(NC(=S)N/N=C\c2cc(Br)cs2)c1. The molecular formula is C13H12BrN3OS2. The van der Waals surface area contributed by atoms with Gasteiger partial charge in [-0.3, -0.25) is 5.43 Å². The number of methoxy groups -OCH3 is 1. The van der Waals surface area contributed by atoms with Gasteiger partial charge in [0.1, 0.15) is 5.75 Å². The van der Waals surface area contributed by atoms with Crippen molar-refractivity contribution in [1.29, 1.82) is 0 Å². The number of anilines is 1. The Labute approximate surface area is 135 Å². The Bertz CT molecular complexity index is 628. The first-order valence-corrected chi connectivity index (χ1v) is 7.73. The van der Waals surface area contributed by atoms with Gasteiger partial charge in [0, 0.05) is 26.5 Å². The highest BCUT2D eigenvalue weighted by atomic mass is 79.9. The van der Waals surface area contributed by atoms with Crippen molar-refractivity contribution in [2.75, 3.05) is 12.4 Å². The molecule has 2 N–H and O–H groups in total. The molecule has 0 atom stereocenters. The third-order valence-corrected chi connectivity index (χ3v) is 4.09. The fourth-order valence-corrected chi connectivity index (χ4v) is 2.88. The van der Waals surface area contributed by atoms with Crippen LogP contribution in [0.4, 0.5) is 5.69 Å². The molecule has 0 amide bonds. The maximum Gasteiger partial charge on any atom is 0.191 e. The fraction of sp³-hybridized carbons (Fsp3) is 0.0769. The van der Waals surface area contributed by atoms with Gasteiger partial charge in [-0.25, -0.2) is 0 Å². The second-order valence-corrected chi connectivity index (χ2v) is 5.99. The second-order valence-electron chi connectivity index (χ2n) is 3.72. The number of halogens is 1. The molecule has 0 bridgehead atoms. The van der Waals surface area contributed by atoms with Crippen molar-refractivity contribution in [2.45, 2.75) is 0 Å². The smallest absolute Gasteiger partial charge is 0.191 e. The molecule has 0 aliphatic heterocycles. The van der Waals surface area contributed by atoms with Crippen LogP contribution in [0.3, 0.4) is 0 Å². The van der Waals surface area contributed by atoms with Gasteiger partial charge in [0.25, 0.3) is 0 Å². The molecule has 1 aromatic carbocycles. The molecule has 4 nitrogen and oxygen atoms in total. The highest BCUT2D eigenvalue weighted by Gasteiger charge is 1.98. The first kappa shape index (κ1) is 15.0. The minimum absolute atomic E-state index is 0.421. The van der Waals surface area contributed by atoms with Crippen LogP contribution in [0.15, 0.2) is 45.3 Å². The van der Waals surface area contributed by atoms with Crippen LogP contribution in [-0.2, 0) is 0 Å². The number of rotatable bonds is 4. The number of ether oxygens (including phenoxy) is 1. The second kappa shape index (κ2) is 7.37. The Morgan fingerprint density at radius 3 is 3.00 bits per heavy atom. The minimum atomic E-state index is 0.421. The van der Waals surface area contributed by atoms with Gasteiger partial charge >= 0.3 is 0 Å². The number of hydrogen-bond acceptors (Lipinski definition) is 4. The van der Waals surface area contributed by atoms with E-state index < -0.39 is 0 Å². The fourth-order valence-electron chi connectivity index (χ4n) is 1.41. The Morgan fingerprint density at radius 1 is 1.45 bits per heavy atom. The lowest BCUT2D eigenvalue weighted by molar-refractivity contribution is 0.415. The zero-order valence-electron chi connectivity index (χ0n) is 10.6. The van der Waals surface area contributed by atoms with E-state index in [1.54, 1.807) is 24.7 Å². The maximum absolute atomic E-state index is 5.15. The summed E-state index contributed by atoms with van der Waals surface area (Å²) in [5.74, 6) is 0.768. The number of benzene rings is 1. The first-order valence-electron chi connectivity index (χ1n) is 5.65. The quantitative estimate of drug-likeness (QED) is 0.488. The Balaban J connectivity index is 1.87. The first-order chi connectivity index (χ1) is 9.67. The van der Waals surface area contributed by atoms with Crippen molar-refractivity contribution in [2.24, 2.45) is 5.10 Å². The molecule has 7 heteroatoms. The van der Waals surface area contributed by atoms with Crippen LogP contribution in [0, 0.1) is 0 Å². The van der Waals surface area contributed by atoms with Gasteiger partial charge in [0.15, 0.2) is 5.11 Å². The largest absolute Gasteiger partial charge is 0.497 e. The van der Waals surface area contributed by atoms with Crippen LogP contribution in [-0.4, -0.2) is 18.4 Å². The monoisotopic (exact) mass is 369 g/mol. The van der Waals surface area contributed by atoms with E-state index in [9.17, 15) is 0 Å². The lowest BCUT2D eigenvalue weighted by atomic mass is 10.3. The molecular weight excluding hydrogens is 358 g/mol. The molecule has 0 radical (unpaired) electrons. The summed E-state index contributed by atoms with van der Waals surface area (Å²) in [5.41, 5.74) is 3.61. The normalized spacial score (nSPS) is 10.5. The number of hydrogen-bond donors (Lipinski definition) is 2. The van der Waals surface area contributed by atoms with Crippen LogP contribution in [0.5, 0.6) is 5.75 Å². The number of thiocarbonyl (C=S) groups is 1. The number of thiophene rings is 1. The lowest BCUT2D eigenvalue weighted by Gasteiger charge is -2.08. The predicted molar refractivity (Wildman–Crippen MR) is 92.0 cm³/mol. The summed E-state index contributed by atoms with van der Waals surface area (Å²) in [6, 6.07) is 9.49. The van der Waals surface area contributed by atoms with E-state index in [0.29, 0.717) is 5.11 Å². The van der Waals surface area contributed by atoms with Gasteiger partial charge in [0.05, 0.1) is 13.3 Å². The molecule has 0 fully saturated rings. The van der Waals surface area contributed by atoms with Gasteiger partial charge < -0.3 is 10.1 Å². The summed E-state index contributed by atoms with van der Waals surface area (Å²) in [4.78, 5) is 1.04. The average Bonchev–Trinajstić information content (AvgIpc) is 2.84. The van der Waals surface area contributed by atoms with Crippen LogP contribution in [0.25, 0.3) is 0 Å². The zero-order valence-corrected chi connectivity index (χ0v) is 13.8. The maximum atomic E-state index is 5.15. The molecule has 104 valence electrons. The number of nitrogens with one attached hydrogen (secondary N) is 2. The third kappa shape index (κ3) is 4.59. The molecule has 0 saturated heterocycles. The summed E-state index contributed by atoms with van der Waals surface area (Å²) < 4.78 is 6.18. The highest BCUT2D eigenvalue weighted by molar-refractivity contribution is 9.10. The zero-order chi connectivity index (χ0) is 14.4. The Kier molecular flexibility index (Phi) is 5.51. The summed E-state index contributed by atoms with van der Waals surface area (Å²) in [6.07, 6.45) is 1.72. The predicted octanol–water partition coefficient (Wildman–Crippen LogP) is 3.84. The van der Waals surface area contributed by atoms with E-state index in [0.717, 1.165) is 20.8 Å². The van der Waals surface area contributed by atoms with Crippen molar-refractivity contribution in [3.63, 3.8) is 0 Å². The summed E-state index contributed by atoms with van der Waals surface area (Å²) in [6.45, 7) is 0. The van der Waals surface area contributed by atoms with E-state index in [4.69, 9.17) is 17.0 Å². The summed E-state index contributed by atoms with van der Waals surface area (Å²) in [5, 5.41) is 9.52. The van der Waals surface area contributed by atoms with E-state index in [2.05, 4.69) is 31.8 Å². The van der Waals surface area contributed by atoms with Gasteiger partial charge in [-0.1, -0.05) is 6.07 Å². The van der Waals surface area contributed by atoms with Crippen molar-refractivity contribution in [1.82, 2.24) is 5.43 Å². The average molecular weight is 370 g/mol. The molecule has 0 saturated carbocycles. The van der Waals surface area contributed by atoms with Gasteiger partial charge in [-0.2, -0.15) is 5.10 Å². The number of hydrazone groups is 1. The van der Waals surface area contributed by atoms with Crippen molar-refractivity contribution in [3.8, 4) is 5.75 Å². The topological polar surface area (TPSA) is 45.6 Å². The molecule has 2 aromatic rings. The van der Waals surface area contributed by atoms with Crippen molar-refractivity contribution >= 4 is 56.5 Å². The molecule has 20 heavy (non-hydrogen) atoms. The lowest BCUT2D eigenvalue weighted by Crippen LogP contribution is -2.23. The minimum Gasteiger partial charge on any atom is -0.497 e. The molecule has 1 aromatic heterocycles. The van der Waals surface area contributed by atoms with E-state index in [1.807, 2.05) is 35.7 Å². The molecule has 0 spiro atoms. The Hall–Kier alpha value is -1.44. The van der Waals surface area contributed by atoms with Gasteiger partial charge in [-0.15, -0.1) is 11.3 Å². The Morgan fingerprint density at radius 2 is 2.30 bits per heavy atom. The molecule has 0 aliphatic rings. The van der Waals surface area contributed by atoms with Gasteiger partial charge in [-0.05, 0) is 46.3 Å². The van der Waals surface area contributed by atoms with E-state index in [-0.39, 0.29) is 0 Å². The summed E-state index contributed by atoms with van der Waals surface area (Å²) in [7, 11) is 1.62. The van der Waals surface area contributed by atoms with Crippen molar-refractivity contribution in [3.05, 3.63) is 45.1 Å². The van der Waals surface area contributed by atoms with Crippen LogP contribution >= 0.6 is 39.5 Å². The van der Waals surface area contributed by atoms with Crippen LogP contribution in [0.1, 0.15) is 4.88 Å². The molecule has 0 unspecified atom stereocenters.